The largest absolute Gasteiger partial charge is 0.399 e. The van der Waals surface area contributed by atoms with E-state index in [4.69, 9.17) is 5.73 Å². The second-order valence-corrected chi connectivity index (χ2v) is 4.40. The van der Waals surface area contributed by atoms with Crippen LogP contribution in [0.1, 0.15) is 5.56 Å². The molecule has 0 aliphatic carbocycles. The first-order valence-electron chi connectivity index (χ1n) is 6.04. The third-order valence-corrected chi connectivity index (χ3v) is 2.94. The molecule has 4 nitrogen and oxygen atoms in total. The maximum atomic E-state index is 12.1. The predicted molar refractivity (Wildman–Crippen MR) is 79.5 cm³/mol. The van der Waals surface area contributed by atoms with E-state index in [9.17, 15) is 4.79 Å². The SMILES string of the molecule is Cc1ccccc1N(C)C(=O)Nc1ccc(N)cc1. The number of amides is 2. The first kappa shape index (κ1) is 13.0. The van der Waals surface area contributed by atoms with E-state index in [1.165, 1.54) is 0 Å². The van der Waals surface area contributed by atoms with Crippen molar-refractivity contribution < 1.29 is 4.79 Å². The summed E-state index contributed by atoms with van der Waals surface area (Å²) < 4.78 is 0. The number of nitrogens with two attached hydrogens (primary N) is 1. The molecule has 0 aliphatic rings. The van der Waals surface area contributed by atoms with Crippen molar-refractivity contribution in [2.45, 2.75) is 6.92 Å². The van der Waals surface area contributed by atoms with Crippen molar-refractivity contribution in [3.8, 4) is 0 Å². The minimum absolute atomic E-state index is 0.181. The maximum Gasteiger partial charge on any atom is 0.326 e. The summed E-state index contributed by atoms with van der Waals surface area (Å²) in [7, 11) is 1.75. The van der Waals surface area contributed by atoms with E-state index in [2.05, 4.69) is 5.32 Å². The smallest absolute Gasteiger partial charge is 0.326 e. The molecule has 0 unspecified atom stereocenters. The van der Waals surface area contributed by atoms with E-state index in [0.717, 1.165) is 16.9 Å². The Morgan fingerprint density at radius 3 is 2.37 bits per heavy atom. The lowest BCUT2D eigenvalue weighted by Gasteiger charge is -2.20. The number of benzene rings is 2. The van der Waals surface area contributed by atoms with E-state index in [1.807, 2.05) is 31.2 Å². The number of aryl methyl sites for hydroxylation is 1. The predicted octanol–water partition coefficient (Wildman–Crippen LogP) is 3.25. The summed E-state index contributed by atoms with van der Waals surface area (Å²) in [6, 6.07) is 14.6. The molecule has 0 aromatic heterocycles. The molecule has 0 saturated carbocycles. The maximum absolute atomic E-state index is 12.1. The van der Waals surface area contributed by atoms with Gasteiger partial charge in [-0.1, -0.05) is 18.2 Å². The van der Waals surface area contributed by atoms with Gasteiger partial charge in [-0.2, -0.15) is 0 Å². The number of nitrogen functional groups attached to an aromatic ring is 1. The number of carbonyl (C=O) groups is 1. The third-order valence-electron chi connectivity index (χ3n) is 2.94. The summed E-state index contributed by atoms with van der Waals surface area (Å²) in [5.74, 6) is 0. The van der Waals surface area contributed by atoms with Gasteiger partial charge in [-0.3, -0.25) is 4.90 Å². The van der Waals surface area contributed by atoms with Crippen LogP contribution in [0.4, 0.5) is 21.9 Å². The fourth-order valence-electron chi connectivity index (χ4n) is 1.82. The summed E-state index contributed by atoms with van der Waals surface area (Å²) in [5, 5.41) is 2.83. The number of hydrogen-bond acceptors (Lipinski definition) is 2. The van der Waals surface area contributed by atoms with Crippen LogP contribution in [-0.4, -0.2) is 13.1 Å². The first-order valence-corrected chi connectivity index (χ1v) is 6.04. The number of carbonyl (C=O) groups excluding carboxylic acids is 1. The van der Waals surface area contributed by atoms with Crippen LogP contribution < -0.4 is 16.0 Å². The number of rotatable bonds is 2. The second-order valence-electron chi connectivity index (χ2n) is 4.40. The Kier molecular flexibility index (Phi) is 3.71. The highest BCUT2D eigenvalue weighted by Crippen LogP contribution is 2.19. The van der Waals surface area contributed by atoms with Crippen LogP contribution >= 0.6 is 0 Å². The molecule has 0 spiro atoms. The van der Waals surface area contributed by atoms with E-state index in [1.54, 1.807) is 36.2 Å². The quantitative estimate of drug-likeness (QED) is 0.809. The van der Waals surface area contributed by atoms with Crippen LogP contribution in [0, 0.1) is 6.92 Å². The van der Waals surface area contributed by atoms with Gasteiger partial charge in [0, 0.05) is 24.1 Å². The molecule has 2 aromatic carbocycles. The summed E-state index contributed by atoms with van der Waals surface area (Å²) in [5.41, 5.74) is 8.94. The van der Waals surface area contributed by atoms with E-state index < -0.39 is 0 Å². The highest BCUT2D eigenvalue weighted by atomic mass is 16.2. The van der Waals surface area contributed by atoms with Gasteiger partial charge in [-0.25, -0.2) is 4.79 Å². The summed E-state index contributed by atoms with van der Waals surface area (Å²) in [6.07, 6.45) is 0. The van der Waals surface area contributed by atoms with Crippen LogP contribution in [-0.2, 0) is 0 Å². The van der Waals surface area contributed by atoms with Crippen LogP contribution in [0.5, 0.6) is 0 Å². The Balaban J connectivity index is 2.12. The van der Waals surface area contributed by atoms with E-state index in [-0.39, 0.29) is 6.03 Å². The molecular weight excluding hydrogens is 238 g/mol. The monoisotopic (exact) mass is 255 g/mol. The van der Waals surface area contributed by atoms with Crippen molar-refractivity contribution in [1.82, 2.24) is 0 Å². The van der Waals surface area contributed by atoms with Crippen molar-refractivity contribution in [3.05, 3.63) is 54.1 Å². The van der Waals surface area contributed by atoms with Crippen LogP contribution in [0.15, 0.2) is 48.5 Å². The van der Waals surface area contributed by atoms with Gasteiger partial charge in [-0.05, 0) is 42.8 Å². The van der Waals surface area contributed by atoms with Crippen molar-refractivity contribution >= 4 is 23.1 Å². The molecule has 4 heteroatoms. The zero-order chi connectivity index (χ0) is 13.8. The molecule has 0 saturated heterocycles. The van der Waals surface area contributed by atoms with Gasteiger partial charge in [0.25, 0.3) is 0 Å². The van der Waals surface area contributed by atoms with Gasteiger partial charge < -0.3 is 11.1 Å². The molecule has 2 amide bonds. The molecule has 0 fully saturated rings. The average Bonchev–Trinajstić information content (AvgIpc) is 2.41. The average molecular weight is 255 g/mol. The van der Waals surface area contributed by atoms with Crippen LogP contribution in [0.25, 0.3) is 0 Å². The van der Waals surface area contributed by atoms with Gasteiger partial charge in [0.1, 0.15) is 0 Å². The molecule has 98 valence electrons. The fraction of sp³-hybridized carbons (Fsp3) is 0.133. The van der Waals surface area contributed by atoms with Gasteiger partial charge in [-0.15, -0.1) is 0 Å². The van der Waals surface area contributed by atoms with Gasteiger partial charge in [0.15, 0.2) is 0 Å². The van der Waals surface area contributed by atoms with E-state index in [0.29, 0.717) is 5.69 Å². The van der Waals surface area contributed by atoms with Gasteiger partial charge >= 0.3 is 6.03 Å². The third kappa shape index (κ3) is 3.04. The van der Waals surface area contributed by atoms with Gasteiger partial charge in [0.2, 0.25) is 0 Å². The summed E-state index contributed by atoms with van der Waals surface area (Å²) >= 11 is 0. The first-order chi connectivity index (χ1) is 9.08. The topological polar surface area (TPSA) is 58.4 Å². The van der Waals surface area contributed by atoms with Crippen molar-refractivity contribution in [3.63, 3.8) is 0 Å². The molecule has 0 atom stereocenters. The molecule has 3 N–H and O–H groups in total. The highest BCUT2D eigenvalue weighted by molar-refractivity contribution is 6.01. The van der Waals surface area contributed by atoms with Crippen LogP contribution in [0.2, 0.25) is 0 Å². The molecule has 0 bridgehead atoms. The molecule has 0 heterocycles. The lowest BCUT2D eigenvalue weighted by atomic mass is 10.2. The Morgan fingerprint density at radius 2 is 1.74 bits per heavy atom. The highest BCUT2D eigenvalue weighted by Gasteiger charge is 2.12. The normalized spacial score (nSPS) is 10.0. The number of para-hydroxylation sites is 1. The number of urea groups is 1. The lowest BCUT2D eigenvalue weighted by molar-refractivity contribution is 0.258. The van der Waals surface area contributed by atoms with Crippen molar-refractivity contribution in [2.75, 3.05) is 23.0 Å². The van der Waals surface area contributed by atoms with Crippen molar-refractivity contribution in [1.29, 1.82) is 0 Å². The molecule has 19 heavy (non-hydrogen) atoms. The van der Waals surface area contributed by atoms with Gasteiger partial charge in [0.05, 0.1) is 0 Å². The fourth-order valence-corrected chi connectivity index (χ4v) is 1.82. The standard InChI is InChI=1S/C15H17N3O/c1-11-5-3-4-6-14(11)18(2)15(19)17-13-9-7-12(16)8-10-13/h3-10H,16H2,1-2H3,(H,17,19). The number of hydrogen-bond donors (Lipinski definition) is 2. The molecular formula is C15H17N3O. The Morgan fingerprint density at radius 1 is 1.11 bits per heavy atom. The number of nitrogens with zero attached hydrogens (tertiary/aromatic N) is 1. The molecule has 0 aliphatic heterocycles. The summed E-state index contributed by atoms with van der Waals surface area (Å²) in [6.45, 7) is 1.97. The second kappa shape index (κ2) is 5.44. The molecule has 0 radical (unpaired) electrons. The minimum atomic E-state index is -0.181. The summed E-state index contributed by atoms with van der Waals surface area (Å²) in [4.78, 5) is 13.7. The Labute approximate surface area is 112 Å². The zero-order valence-electron chi connectivity index (χ0n) is 11.1. The van der Waals surface area contributed by atoms with Crippen molar-refractivity contribution in [2.24, 2.45) is 0 Å². The Hall–Kier alpha value is -2.49. The Bertz CT molecular complexity index is 578. The van der Waals surface area contributed by atoms with Crippen LogP contribution in [0.3, 0.4) is 0 Å². The number of anilines is 3. The lowest BCUT2D eigenvalue weighted by Crippen LogP contribution is -2.31. The zero-order valence-corrected chi connectivity index (χ0v) is 11.1. The number of nitrogens with one attached hydrogen (secondary N) is 1. The molecule has 2 rings (SSSR count). The minimum Gasteiger partial charge on any atom is -0.399 e. The van der Waals surface area contributed by atoms with E-state index >= 15 is 0 Å². The molecule has 2 aromatic rings.